The summed E-state index contributed by atoms with van der Waals surface area (Å²) in [6, 6.07) is 30.5. The zero-order chi connectivity index (χ0) is 35.4. The first-order valence-corrected chi connectivity index (χ1v) is 17.5. The van der Waals surface area contributed by atoms with Gasteiger partial charge < -0.3 is 14.2 Å². The molecule has 1 amide bonds. The largest absolute Gasteiger partial charge is 0.497 e. The molecule has 0 saturated carbocycles. The molecule has 0 saturated heterocycles. The lowest BCUT2D eigenvalue weighted by Gasteiger charge is -2.29. The molecule has 0 bridgehead atoms. The lowest BCUT2D eigenvalue weighted by Crippen LogP contribution is -2.35. The maximum absolute atomic E-state index is 14.0. The number of pyridine rings is 1. The molecular formula is C40H47N3O5S. The van der Waals surface area contributed by atoms with Gasteiger partial charge in [-0.3, -0.25) is 4.79 Å². The number of carbonyl (C=O) groups excluding carboxylic acids is 2. The van der Waals surface area contributed by atoms with E-state index in [0.29, 0.717) is 6.42 Å². The van der Waals surface area contributed by atoms with Gasteiger partial charge in [-0.25, -0.2) is 9.78 Å². The van der Waals surface area contributed by atoms with E-state index < -0.39 is 23.2 Å². The van der Waals surface area contributed by atoms with Crippen molar-refractivity contribution in [2.24, 2.45) is 16.1 Å². The number of hydrogen-bond acceptors (Lipinski definition) is 8. The zero-order valence-corrected chi connectivity index (χ0v) is 30.3. The molecule has 0 N–H and O–H groups in total. The number of hydrogen-bond donors (Lipinski definition) is 0. The number of ether oxygens (including phenoxy) is 3. The number of thioether (sulfide) groups is 1. The number of methoxy groups -OCH3 is 1. The van der Waals surface area contributed by atoms with Gasteiger partial charge in [0.05, 0.1) is 13.0 Å². The summed E-state index contributed by atoms with van der Waals surface area (Å²) >= 11 is 1.76. The molecule has 0 aliphatic heterocycles. The first-order chi connectivity index (χ1) is 23.3. The van der Waals surface area contributed by atoms with Crippen molar-refractivity contribution in [1.82, 2.24) is 4.98 Å². The van der Waals surface area contributed by atoms with Crippen LogP contribution in [0.3, 0.4) is 0 Å². The Bertz CT molecular complexity index is 1680. The summed E-state index contributed by atoms with van der Waals surface area (Å²) in [5, 5.41) is 7.49. The van der Waals surface area contributed by atoms with Crippen molar-refractivity contribution in [3.05, 3.63) is 114 Å². The van der Waals surface area contributed by atoms with Gasteiger partial charge in [0.2, 0.25) is 0 Å². The molecule has 4 aromatic rings. The van der Waals surface area contributed by atoms with Gasteiger partial charge in [-0.2, -0.15) is 11.8 Å². The Morgan fingerprint density at radius 2 is 1.45 bits per heavy atom. The van der Waals surface area contributed by atoms with E-state index in [0.717, 1.165) is 35.5 Å². The van der Waals surface area contributed by atoms with E-state index in [1.54, 1.807) is 51.9 Å². The summed E-state index contributed by atoms with van der Waals surface area (Å²) in [6.07, 6.45) is 2.88. The van der Waals surface area contributed by atoms with Crippen molar-refractivity contribution in [3.63, 3.8) is 0 Å². The van der Waals surface area contributed by atoms with E-state index in [2.05, 4.69) is 63.7 Å². The molecule has 2 unspecified atom stereocenters. The molecule has 0 spiro atoms. The number of aryl methyl sites for hydroxylation is 1. The van der Waals surface area contributed by atoms with E-state index >= 15 is 0 Å². The third kappa shape index (κ3) is 12.8. The van der Waals surface area contributed by atoms with Crippen LogP contribution in [-0.2, 0) is 32.9 Å². The van der Waals surface area contributed by atoms with Crippen LogP contribution in [0.25, 0.3) is 11.1 Å². The Hall–Kier alpha value is -4.50. The Kier molecular flexibility index (Phi) is 13.1. The van der Waals surface area contributed by atoms with Crippen LogP contribution in [0.2, 0.25) is 0 Å². The van der Waals surface area contributed by atoms with E-state index in [-0.39, 0.29) is 17.0 Å². The van der Waals surface area contributed by atoms with Crippen LogP contribution in [0, 0.1) is 5.92 Å². The maximum atomic E-state index is 14.0. The molecule has 8 nitrogen and oxygen atoms in total. The minimum absolute atomic E-state index is 0.0659. The Labute approximate surface area is 294 Å². The minimum Gasteiger partial charge on any atom is -0.497 e. The smallest absolute Gasteiger partial charge is 0.453 e. The van der Waals surface area contributed by atoms with Gasteiger partial charge in [0.25, 0.3) is 0 Å². The summed E-state index contributed by atoms with van der Waals surface area (Å²) in [7, 11) is 1.66. The highest BCUT2D eigenvalue weighted by Crippen LogP contribution is 2.33. The number of rotatable bonds is 13. The Balaban J connectivity index is 1.59. The fraction of sp³-hybridized carbons (Fsp3) is 0.375. The van der Waals surface area contributed by atoms with Crippen molar-refractivity contribution in [1.29, 1.82) is 0 Å². The standard InChI is InChI=1S/C40H47N3O5S/c1-39(2,3)47-37(44)34(25-30-19-23-36(41-26-30)42-43-38(45)48-40(4,5)6)35(49-27-29-16-20-33(46-7)21-17-29)22-18-28-12-11-15-32(24-28)31-13-9-8-10-14-31/h8-17,19-21,23-24,26,34-35H,18,22,25,27H2,1-7H3. The van der Waals surface area contributed by atoms with Crippen LogP contribution in [0.15, 0.2) is 107 Å². The van der Waals surface area contributed by atoms with Gasteiger partial charge in [0.1, 0.15) is 17.0 Å². The monoisotopic (exact) mass is 681 g/mol. The van der Waals surface area contributed by atoms with E-state index in [1.165, 1.54) is 16.7 Å². The van der Waals surface area contributed by atoms with Crippen LogP contribution >= 0.6 is 11.8 Å². The first kappa shape index (κ1) is 37.3. The van der Waals surface area contributed by atoms with Gasteiger partial charge in [0.15, 0.2) is 5.82 Å². The fourth-order valence-electron chi connectivity index (χ4n) is 5.14. The van der Waals surface area contributed by atoms with Gasteiger partial charge >= 0.3 is 12.1 Å². The average molecular weight is 682 g/mol. The predicted octanol–water partition coefficient (Wildman–Crippen LogP) is 10.2. The molecule has 49 heavy (non-hydrogen) atoms. The number of carbonyl (C=O) groups is 2. The SMILES string of the molecule is COc1ccc(CSC(CCc2cccc(-c3ccccc3)c2)C(Cc2ccc(N=NC(=O)OC(C)(C)C)nc2)C(=O)OC(C)(C)C)cc1. The van der Waals surface area contributed by atoms with Crippen molar-refractivity contribution < 1.29 is 23.8 Å². The molecule has 9 heteroatoms. The number of amides is 1. The maximum Gasteiger partial charge on any atom is 0.453 e. The first-order valence-electron chi connectivity index (χ1n) is 16.5. The van der Waals surface area contributed by atoms with E-state index in [9.17, 15) is 9.59 Å². The molecule has 2 atom stereocenters. The number of esters is 1. The summed E-state index contributed by atoms with van der Waals surface area (Å²) in [6.45, 7) is 11.0. The Morgan fingerprint density at radius 3 is 2.08 bits per heavy atom. The summed E-state index contributed by atoms with van der Waals surface area (Å²) < 4.78 is 16.6. The molecule has 0 aliphatic rings. The van der Waals surface area contributed by atoms with Crippen LogP contribution in [0.1, 0.15) is 64.7 Å². The van der Waals surface area contributed by atoms with Gasteiger partial charge in [-0.15, -0.1) is 5.11 Å². The molecule has 0 fully saturated rings. The highest BCUT2D eigenvalue weighted by molar-refractivity contribution is 7.99. The van der Waals surface area contributed by atoms with Gasteiger partial charge in [-0.05, 0) is 107 Å². The van der Waals surface area contributed by atoms with E-state index in [4.69, 9.17) is 14.2 Å². The Morgan fingerprint density at radius 1 is 0.776 bits per heavy atom. The molecule has 0 aliphatic carbocycles. The molecule has 258 valence electrons. The lowest BCUT2D eigenvalue weighted by molar-refractivity contribution is -0.160. The lowest BCUT2D eigenvalue weighted by atomic mass is 9.92. The molecule has 0 radical (unpaired) electrons. The molecular weight excluding hydrogens is 635 g/mol. The van der Waals surface area contributed by atoms with Crippen LogP contribution in [-0.4, -0.2) is 40.6 Å². The highest BCUT2D eigenvalue weighted by Gasteiger charge is 2.33. The zero-order valence-electron chi connectivity index (χ0n) is 29.5. The second-order valence-electron chi connectivity index (χ2n) is 13.9. The molecule has 1 aromatic heterocycles. The van der Waals surface area contributed by atoms with Crippen LogP contribution in [0.4, 0.5) is 10.6 Å². The summed E-state index contributed by atoms with van der Waals surface area (Å²) in [5.41, 5.74) is 4.23. The highest BCUT2D eigenvalue weighted by atomic mass is 32.2. The average Bonchev–Trinajstić information content (AvgIpc) is 3.06. The minimum atomic E-state index is -0.783. The predicted molar refractivity (Wildman–Crippen MR) is 196 cm³/mol. The van der Waals surface area contributed by atoms with E-state index in [1.807, 2.05) is 57.2 Å². The topological polar surface area (TPSA) is 99.4 Å². The third-order valence-electron chi connectivity index (χ3n) is 7.43. The quantitative estimate of drug-likeness (QED) is 0.102. The molecule has 4 rings (SSSR count). The number of nitrogens with zero attached hydrogens (tertiary/aromatic N) is 3. The van der Waals surface area contributed by atoms with Crippen LogP contribution < -0.4 is 4.74 Å². The van der Waals surface area contributed by atoms with Crippen molar-refractivity contribution >= 4 is 29.6 Å². The second-order valence-corrected chi connectivity index (χ2v) is 15.1. The van der Waals surface area contributed by atoms with Crippen molar-refractivity contribution in [2.45, 2.75) is 83.0 Å². The number of azo groups is 1. The fourth-order valence-corrected chi connectivity index (χ4v) is 6.46. The van der Waals surface area contributed by atoms with Gasteiger partial charge in [0, 0.05) is 17.2 Å². The number of benzene rings is 3. The van der Waals surface area contributed by atoms with Crippen LogP contribution in [0.5, 0.6) is 5.75 Å². The number of aromatic nitrogens is 1. The third-order valence-corrected chi connectivity index (χ3v) is 8.92. The summed E-state index contributed by atoms with van der Waals surface area (Å²) in [5.74, 6) is 1.10. The molecule has 3 aromatic carbocycles. The summed E-state index contributed by atoms with van der Waals surface area (Å²) in [4.78, 5) is 30.3. The van der Waals surface area contributed by atoms with Gasteiger partial charge in [-0.1, -0.05) is 77.9 Å². The normalized spacial score (nSPS) is 13.1. The van der Waals surface area contributed by atoms with Crippen molar-refractivity contribution in [2.75, 3.05) is 7.11 Å². The second kappa shape index (κ2) is 17.2. The molecule has 1 heterocycles. The van der Waals surface area contributed by atoms with Crippen molar-refractivity contribution in [3.8, 4) is 16.9 Å².